The van der Waals surface area contributed by atoms with Crippen molar-refractivity contribution in [2.24, 2.45) is 0 Å². The predicted octanol–water partition coefficient (Wildman–Crippen LogP) is -1.07. The zero-order valence-electron chi connectivity index (χ0n) is 2.70. The van der Waals surface area contributed by atoms with Gasteiger partial charge in [-0.2, -0.15) is 0 Å². The molecule has 0 aromatic heterocycles. The van der Waals surface area contributed by atoms with Crippen molar-refractivity contribution in [2.45, 2.75) is 0 Å². The van der Waals surface area contributed by atoms with Gasteiger partial charge in [0.1, 0.15) is 0 Å². The van der Waals surface area contributed by atoms with Crippen LogP contribution in [0.1, 0.15) is 0 Å². The fourth-order valence-corrected chi connectivity index (χ4v) is 0.204. The third-order valence-electron chi connectivity index (χ3n) is 0.111. The van der Waals surface area contributed by atoms with Crippen molar-refractivity contribution in [1.82, 2.24) is 0 Å². The predicted molar refractivity (Wildman–Crippen MR) is 14.0 cm³/mol. The fraction of sp³-hybridized carbons (Fsp3) is 0. The van der Waals surface area contributed by atoms with E-state index in [4.69, 9.17) is 0 Å². The van der Waals surface area contributed by atoms with Crippen LogP contribution in [-0.2, 0) is 30.9 Å². The summed E-state index contributed by atoms with van der Waals surface area (Å²) in [6.07, 6.45) is 0. The van der Waals surface area contributed by atoms with Crippen LogP contribution < -0.4 is 0 Å². The number of rotatable bonds is 2. The SMILES string of the molecule is [O]=[Al][O][Al]=[O].[Pd]. The standard InChI is InChI=1S/2Al.3O.Pd. The maximum Gasteiger partial charge on any atom is 0 e. The minimum absolute atomic E-state index is 0. The van der Waals surface area contributed by atoms with Crippen molar-refractivity contribution in [1.29, 1.82) is 0 Å². The van der Waals surface area contributed by atoms with Crippen LogP contribution in [0.15, 0.2) is 0 Å². The molecule has 0 saturated carbocycles. The molecule has 0 rings (SSSR count). The fourth-order valence-electron chi connectivity index (χ4n) is 0.0227. The molecule has 6 heavy (non-hydrogen) atoms. The molecule has 0 heterocycles. The quantitative estimate of drug-likeness (QED) is 0.543. The van der Waals surface area contributed by atoms with E-state index in [2.05, 4.69) is 2.84 Å². The van der Waals surface area contributed by atoms with Gasteiger partial charge < -0.3 is 0 Å². The molecule has 34 valence electrons. The average Bonchev–Trinajstić information content (AvgIpc) is 1.41. The number of hydrogen-bond acceptors (Lipinski definition) is 3. The van der Waals surface area contributed by atoms with Crippen molar-refractivity contribution in [3.63, 3.8) is 0 Å². The van der Waals surface area contributed by atoms with Crippen molar-refractivity contribution in [2.75, 3.05) is 0 Å². The summed E-state index contributed by atoms with van der Waals surface area (Å²) in [5.74, 6) is 0. The van der Waals surface area contributed by atoms with Crippen molar-refractivity contribution in [3.8, 4) is 0 Å². The topological polar surface area (TPSA) is 43.4 Å². The van der Waals surface area contributed by atoms with E-state index in [1.165, 1.54) is 0 Å². The Morgan fingerprint density at radius 3 is 1.50 bits per heavy atom. The summed E-state index contributed by atoms with van der Waals surface area (Å²) >= 11 is -2.48. The van der Waals surface area contributed by atoms with E-state index < -0.39 is 31.0 Å². The van der Waals surface area contributed by atoms with Crippen molar-refractivity contribution >= 4 is 31.0 Å². The molecular weight excluding hydrogens is 208 g/mol. The first-order valence-corrected chi connectivity index (χ1v) is 2.83. The Bertz CT molecular complexity index is 38.1. The minimum atomic E-state index is -1.24. The van der Waals surface area contributed by atoms with Gasteiger partial charge in [0.05, 0.1) is 0 Å². The molecule has 0 bridgehead atoms. The van der Waals surface area contributed by atoms with Gasteiger partial charge in [-0.05, 0) is 0 Å². The molecule has 0 atom stereocenters. The Balaban J connectivity index is 0. The van der Waals surface area contributed by atoms with E-state index in [1.54, 1.807) is 0 Å². The van der Waals surface area contributed by atoms with E-state index in [0.717, 1.165) is 0 Å². The molecule has 0 radical (unpaired) electrons. The molecule has 3 nitrogen and oxygen atoms in total. The summed E-state index contributed by atoms with van der Waals surface area (Å²) in [4.78, 5) is 0. The molecule has 0 aliphatic heterocycles. The Morgan fingerprint density at radius 1 is 1.17 bits per heavy atom. The Kier molecular flexibility index (Phi) is 16.0. The molecule has 0 spiro atoms. The normalized spacial score (nSPS) is 3.33. The molecule has 6 heteroatoms. The third-order valence-corrected chi connectivity index (χ3v) is 1.00. The van der Waals surface area contributed by atoms with Gasteiger partial charge in [-0.25, -0.2) is 0 Å². The van der Waals surface area contributed by atoms with Gasteiger partial charge >= 0.3 is 41.4 Å². The first-order chi connectivity index (χ1) is 2.41. The summed E-state index contributed by atoms with van der Waals surface area (Å²) in [6.45, 7) is 0. The molecule has 0 fully saturated rings. The first kappa shape index (κ1) is 10.2. The molecule has 0 aliphatic carbocycles. The van der Waals surface area contributed by atoms with Crippen LogP contribution in [0.3, 0.4) is 0 Å². The summed E-state index contributed by atoms with van der Waals surface area (Å²) in [7, 11) is 0. The summed E-state index contributed by atoms with van der Waals surface area (Å²) in [5.41, 5.74) is 0. The van der Waals surface area contributed by atoms with Gasteiger partial charge in [0, 0.05) is 20.4 Å². The summed E-state index contributed by atoms with van der Waals surface area (Å²) in [5, 5.41) is 0. The van der Waals surface area contributed by atoms with Gasteiger partial charge in [-0.15, -0.1) is 0 Å². The van der Waals surface area contributed by atoms with Gasteiger partial charge in [0.25, 0.3) is 0 Å². The van der Waals surface area contributed by atoms with E-state index in [9.17, 15) is 7.61 Å². The molecule has 0 aromatic rings. The van der Waals surface area contributed by atoms with Crippen LogP contribution in [0, 0.1) is 0 Å². The van der Waals surface area contributed by atoms with Gasteiger partial charge in [-0.1, -0.05) is 0 Å². The van der Waals surface area contributed by atoms with Crippen LogP contribution in [0.25, 0.3) is 0 Å². The third kappa shape index (κ3) is 8.93. The van der Waals surface area contributed by atoms with Crippen LogP contribution in [0.2, 0.25) is 0 Å². The summed E-state index contributed by atoms with van der Waals surface area (Å²) < 4.78 is 22.3. The maximum absolute atomic E-state index is 9.21. The van der Waals surface area contributed by atoms with Crippen LogP contribution in [0.5, 0.6) is 0 Å². The molecule has 0 aromatic carbocycles. The van der Waals surface area contributed by atoms with Crippen LogP contribution >= 0.6 is 0 Å². The van der Waals surface area contributed by atoms with E-state index in [-0.39, 0.29) is 20.4 Å². The monoisotopic (exact) mass is 208 g/mol. The second-order valence-corrected chi connectivity index (χ2v) is 1.80. The van der Waals surface area contributed by atoms with E-state index >= 15 is 0 Å². The van der Waals surface area contributed by atoms with E-state index in [1.807, 2.05) is 0 Å². The Morgan fingerprint density at radius 2 is 1.50 bits per heavy atom. The largest absolute Gasteiger partial charge is 0 e. The molecular formula is Al2O3Pd. The van der Waals surface area contributed by atoms with Gasteiger partial charge in [-0.3, -0.25) is 0 Å². The zero-order chi connectivity index (χ0) is 4.12. The van der Waals surface area contributed by atoms with Crippen LogP contribution in [0.4, 0.5) is 0 Å². The molecule has 0 amide bonds. The van der Waals surface area contributed by atoms with E-state index in [0.29, 0.717) is 0 Å². The van der Waals surface area contributed by atoms with Crippen LogP contribution in [-0.4, -0.2) is 31.0 Å². The average molecular weight is 208 g/mol. The van der Waals surface area contributed by atoms with Gasteiger partial charge in [0.15, 0.2) is 0 Å². The zero-order valence-corrected chi connectivity index (χ0v) is 6.56. The Hall–Kier alpha value is 1.13. The minimum Gasteiger partial charge on any atom is 0 e. The Labute approximate surface area is 61.6 Å². The second kappa shape index (κ2) is 9.46. The molecule has 0 unspecified atom stereocenters. The van der Waals surface area contributed by atoms with Crippen molar-refractivity contribution in [3.05, 3.63) is 0 Å². The summed E-state index contributed by atoms with van der Waals surface area (Å²) in [6, 6.07) is 0. The van der Waals surface area contributed by atoms with Crippen molar-refractivity contribution < 1.29 is 30.9 Å². The smallest absolute Gasteiger partial charge is 0 e. The molecule has 0 aliphatic rings. The maximum atomic E-state index is 9.21. The molecule has 0 saturated heterocycles. The van der Waals surface area contributed by atoms with Gasteiger partial charge in [0.2, 0.25) is 0 Å². The second-order valence-electron chi connectivity index (χ2n) is 0.329. The first-order valence-electron chi connectivity index (χ1n) is 0.943. The number of hydrogen-bond donors (Lipinski definition) is 0. The molecule has 0 N–H and O–H groups in total.